The third-order valence-corrected chi connectivity index (χ3v) is 3.76. The van der Waals surface area contributed by atoms with E-state index in [0.29, 0.717) is 17.2 Å². The highest BCUT2D eigenvalue weighted by molar-refractivity contribution is 5.72. The van der Waals surface area contributed by atoms with Crippen LogP contribution in [0.25, 0.3) is 0 Å². The molecule has 2 aromatic rings. The summed E-state index contributed by atoms with van der Waals surface area (Å²) < 4.78 is 21.6. The highest BCUT2D eigenvalue weighted by Crippen LogP contribution is 2.41. The molecule has 0 unspecified atom stereocenters. The minimum atomic E-state index is 0.563. The zero-order valence-corrected chi connectivity index (χ0v) is 14.4. The van der Waals surface area contributed by atoms with E-state index in [4.69, 9.17) is 18.9 Å². The molecule has 0 saturated carbocycles. The van der Waals surface area contributed by atoms with Crippen LogP contribution in [0.15, 0.2) is 24.3 Å². The first kappa shape index (κ1) is 16.8. The van der Waals surface area contributed by atoms with Crippen LogP contribution in [0.5, 0.6) is 23.0 Å². The number of methoxy groups -OCH3 is 4. The molecule has 2 aromatic carbocycles. The van der Waals surface area contributed by atoms with Gasteiger partial charge in [0.25, 0.3) is 0 Å². The second-order valence-corrected chi connectivity index (χ2v) is 5.18. The molecule has 0 aliphatic rings. The molecule has 2 rings (SSSR count). The lowest BCUT2D eigenvalue weighted by molar-refractivity contribution is 0.324. The van der Waals surface area contributed by atoms with Crippen molar-refractivity contribution >= 4 is 11.4 Å². The van der Waals surface area contributed by atoms with Crippen LogP contribution in [0.2, 0.25) is 0 Å². The van der Waals surface area contributed by atoms with Gasteiger partial charge in [-0.1, -0.05) is 0 Å². The molecule has 0 aliphatic carbocycles. The van der Waals surface area contributed by atoms with Gasteiger partial charge in [0.1, 0.15) is 5.75 Å². The number of hydrogen-bond acceptors (Lipinski definition) is 5. The van der Waals surface area contributed by atoms with Gasteiger partial charge in [-0.2, -0.15) is 0 Å². The van der Waals surface area contributed by atoms with Crippen molar-refractivity contribution in [2.45, 2.75) is 13.8 Å². The summed E-state index contributed by atoms with van der Waals surface area (Å²) >= 11 is 0. The van der Waals surface area contributed by atoms with E-state index in [1.54, 1.807) is 28.4 Å². The molecule has 0 aromatic heterocycles. The Kier molecular flexibility index (Phi) is 5.21. The Morgan fingerprint density at radius 2 is 1.17 bits per heavy atom. The van der Waals surface area contributed by atoms with Crippen LogP contribution in [-0.2, 0) is 0 Å². The zero-order valence-electron chi connectivity index (χ0n) is 14.4. The maximum Gasteiger partial charge on any atom is 0.203 e. The smallest absolute Gasteiger partial charge is 0.203 e. The molecule has 1 N–H and O–H groups in total. The molecule has 124 valence electrons. The normalized spacial score (nSPS) is 10.2. The van der Waals surface area contributed by atoms with Crippen LogP contribution in [0.3, 0.4) is 0 Å². The monoisotopic (exact) mass is 317 g/mol. The molecule has 0 bridgehead atoms. The number of benzene rings is 2. The van der Waals surface area contributed by atoms with E-state index in [1.165, 1.54) is 11.1 Å². The Balaban J connectivity index is 2.46. The molecule has 0 aliphatic heterocycles. The van der Waals surface area contributed by atoms with E-state index in [0.717, 1.165) is 17.1 Å². The van der Waals surface area contributed by atoms with E-state index < -0.39 is 0 Å². The lowest BCUT2D eigenvalue weighted by Crippen LogP contribution is -2.00. The molecule has 5 heteroatoms. The van der Waals surface area contributed by atoms with Crippen LogP contribution in [0.1, 0.15) is 11.1 Å². The molecule has 0 atom stereocenters. The Morgan fingerprint density at radius 1 is 0.652 bits per heavy atom. The molecular weight excluding hydrogens is 294 g/mol. The van der Waals surface area contributed by atoms with Crippen LogP contribution in [0, 0.1) is 13.8 Å². The van der Waals surface area contributed by atoms with Gasteiger partial charge in [-0.3, -0.25) is 0 Å². The van der Waals surface area contributed by atoms with Crippen molar-refractivity contribution in [1.82, 2.24) is 0 Å². The molecular formula is C18H23NO4. The fraction of sp³-hybridized carbons (Fsp3) is 0.333. The molecule has 0 spiro atoms. The highest BCUT2D eigenvalue weighted by atomic mass is 16.5. The second-order valence-electron chi connectivity index (χ2n) is 5.18. The van der Waals surface area contributed by atoms with Crippen molar-refractivity contribution in [2.75, 3.05) is 33.8 Å². The van der Waals surface area contributed by atoms with E-state index in [-0.39, 0.29) is 0 Å². The summed E-state index contributed by atoms with van der Waals surface area (Å²) in [6, 6.07) is 7.78. The summed E-state index contributed by atoms with van der Waals surface area (Å²) in [5.41, 5.74) is 4.06. The standard InChI is InChI=1S/C18H23NO4/c1-11-7-14(15(20-3)8-12(11)2)19-13-9-16(21-4)18(23-6)17(10-13)22-5/h7-10,19H,1-6H3. The van der Waals surface area contributed by atoms with E-state index in [2.05, 4.69) is 25.2 Å². The largest absolute Gasteiger partial charge is 0.495 e. The van der Waals surface area contributed by atoms with Gasteiger partial charge >= 0.3 is 0 Å². The summed E-state index contributed by atoms with van der Waals surface area (Å²) in [7, 11) is 6.43. The third kappa shape index (κ3) is 3.44. The molecule has 23 heavy (non-hydrogen) atoms. The fourth-order valence-corrected chi connectivity index (χ4v) is 2.37. The second kappa shape index (κ2) is 7.13. The van der Waals surface area contributed by atoms with Crippen LogP contribution in [0.4, 0.5) is 11.4 Å². The van der Waals surface area contributed by atoms with E-state index in [9.17, 15) is 0 Å². The maximum atomic E-state index is 5.46. The Bertz CT molecular complexity index is 673. The van der Waals surface area contributed by atoms with Crippen LogP contribution < -0.4 is 24.3 Å². The van der Waals surface area contributed by atoms with Gasteiger partial charge < -0.3 is 24.3 Å². The first-order chi connectivity index (χ1) is 11.0. The molecule has 0 saturated heterocycles. The number of nitrogens with one attached hydrogen (secondary N) is 1. The van der Waals surface area contributed by atoms with Crippen LogP contribution >= 0.6 is 0 Å². The minimum Gasteiger partial charge on any atom is -0.495 e. The van der Waals surface area contributed by atoms with Crippen molar-refractivity contribution in [3.63, 3.8) is 0 Å². The Morgan fingerprint density at radius 3 is 1.65 bits per heavy atom. The number of ether oxygens (including phenoxy) is 4. The molecule has 5 nitrogen and oxygen atoms in total. The predicted molar refractivity (Wildman–Crippen MR) is 91.8 cm³/mol. The van der Waals surface area contributed by atoms with Gasteiger partial charge in [0.15, 0.2) is 11.5 Å². The fourth-order valence-electron chi connectivity index (χ4n) is 2.37. The number of rotatable bonds is 6. The van der Waals surface area contributed by atoms with Crippen molar-refractivity contribution in [3.8, 4) is 23.0 Å². The molecule has 0 heterocycles. The van der Waals surface area contributed by atoms with Crippen molar-refractivity contribution in [3.05, 3.63) is 35.4 Å². The third-order valence-electron chi connectivity index (χ3n) is 3.76. The Hall–Kier alpha value is -2.56. The van der Waals surface area contributed by atoms with E-state index in [1.807, 2.05) is 18.2 Å². The van der Waals surface area contributed by atoms with Gasteiger partial charge in [-0.15, -0.1) is 0 Å². The summed E-state index contributed by atoms with van der Waals surface area (Å²) in [5.74, 6) is 2.53. The number of aryl methyl sites for hydroxylation is 2. The van der Waals surface area contributed by atoms with Crippen molar-refractivity contribution < 1.29 is 18.9 Å². The SMILES string of the molecule is COc1cc(C)c(C)cc1Nc1cc(OC)c(OC)c(OC)c1. The molecule has 0 radical (unpaired) electrons. The summed E-state index contributed by atoms with van der Waals surface area (Å²) in [5, 5.41) is 3.35. The average molecular weight is 317 g/mol. The van der Waals surface area contributed by atoms with Crippen LogP contribution in [-0.4, -0.2) is 28.4 Å². The minimum absolute atomic E-state index is 0.563. The van der Waals surface area contributed by atoms with Crippen molar-refractivity contribution in [2.24, 2.45) is 0 Å². The average Bonchev–Trinajstić information content (AvgIpc) is 2.56. The quantitative estimate of drug-likeness (QED) is 0.870. The summed E-state index contributed by atoms with van der Waals surface area (Å²) in [6.45, 7) is 4.12. The number of anilines is 2. The lowest BCUT2D eigenvalue weighted by Gasteiger charge is -2.17. The lowest BCUT2D eigenvalue weighted by atomic mass is 10.1. The van der Waals surface area contributed by atoms with Gasteiger partial charge in [-0.05, 0) is 37.1 Å². The van der Waals surface area contributed by atoms with Gasteiger partial charge in [0, 0.05) is 17.8 Å². The topological polar surface area (TPSA) is 49.0 Å². The molecule has 0 fully saturated rings. The summed E-state index contributed by atoms with van der Waals surface area (Å²) in [6.07, 6.45) is 0. The van der Waals surface area contributed by atoms with Gasteiger partial charge in [0.2, 0.25) is 5.75 Å². The predicted octanol–water partition coefficient (Wildman–Crippen LogP) is 4.08. The van der Waals surface area contributed by atoms with Crippen molar-refractivity contribution in [1.29, 1.82) is 0 Å². The van der Waals surface area contributed by atoms with Gasteiger partial charge in [0.05, 0.1) is 34.1 Å². The molecule has 0 amide bonds. The van der Waals surface area contributed by atoms with Gasteiger partial charge in [-0.25, -0.2) is 0 Å². The van der Waals surface area contributed by atoms with E-state index >= 15 is 0 Å². The Labute approximate surface area is 137 Å². The zero-order chi connectivity index (χ0) is 17.0. The summed E-state index contributed by atoms with van der Waals surface area (Å²) in [4.78, 5) is 0. The highest BCUT2D eigenvalue weighted by Gasteiger charge is 2.14. The first-order valence-corrected chi connectivity index (χ1v) is 7.26. The maximum absolute atomic E-state index is 5.46. The first-order valence-electron chi connectivity index (χ1n) is 7.26. The number of hydrogen-bond donors (Lipinski definition) is 1.